The normalized spacial score (nSPS) is 26.8. The lowest BCUT2D eigenvalue weighted by atomic mass is 9.86. The zero-order chi connectivity index (χ0) is 24.9. The maximum atomic E-state index is 12.0. The summed E-state index contributed by atoms with van der Waals surface area (Å²) in [7, 11) is 1.10. The van der Waals surface area contributed by atoms with E-state index in [4.69, 9.17) is 23.7 Å². The summed E-state index contributed by atoms with van der Waals surface area (Å²) in [6.07, 6.45) is -6.12. The van der Waals surface area contributed by atoms with Crippen LogP contribution in [-0.2, 0) is 50.5 Å². The first kappa shape index (κ1) is 26.1. The summed E-state index contributed by atoms with van der Waals surface area (Å²) in [6, 6.07) is 3.64. The first-order chi connectivity index (χ1) is 15.5. The molecule has 5 atom stereocenters. The van der Waals surface area contributed by atoms with Gasteiger partial charge < -0.3 is 33.9 Å². The van der Waals surface area contributed by atoms with Gasteiger partial charge in [0.2, 0.25) is 11.9 Å². The van der Waals surface area contributed by atoms with Crippen LogP contribution in [0.2, 0.25) is 0 Å². The third-order valence-corrected chi connectivity index (χ3v) is 4.89. The van der Waals surface area contributed by atoms with Gasteiger partial charge in [0.15, 0.2) is 12.2 Å². The number of aliphatic hydroxyl groups excluding tert-OH is 2. The maximum Gasteiger partial charge on any atom is 0.303 e. The minimum Gasteiger partial charge on any atom is -0.456 e. The minimum atomic E-state index is -2.27. The van der Waals surface area contributed by atoms with Gasteiger partial charge in [0.1, 0.15) is 6.10 Å². The molecule has 1 fully saturated rings. The number of nitrogens with zero attached hydrogens (tertiary/aromatic N) is 1. The molecule has 1 aliphatic heterocycles. The third kappa shape index (κ3) is 5.45. The Morgan fingerprint density at radius 2 is 1.64 bits per heavy atom. The smallest absolute Gasteiger partial charge is 0.303 e. The molecule has 0 bridgehead atoms. The Balaban J connectivity index is 2.83. The monoisotopic (exact) mass is 471 g/mol. The number of hydrogen-bond donors (Lipinski definition) is 2. The van der Waals surface area contributed by atoms with Gasteiger partial charge in [0.05, 0.1) is 23.7 Å². The molecule has 1 saturated heterocycles. The quantitative estimate of drug-likeness (QED) is 0.226. The predicted octanol–water partition coefficient (Wildman–Crippen LogP) is 0.0725. The van der Waals surface area contributed by atoms with E-state index in [9.17, 15) is 34.7 Å². The minimum absolute atomic E-state index is 0.199. The second kappa shape index (κ2) is 10.7. The van der Waals surface area contributed by atoms with Gasteiger partial charge >= 0.3 is 17.9 Å². The van der Waals surface area contributed by atoms with Crippen LogP contribution in [0.4, 0.5) is 5.69 Å². The number of hydrogen-bond acceptors (Lipinski definition) is 12. The van der Waals surface area contributed by atoms with Crippen molar-refractivity contribution in [2.45, 2.75) is 57.6 Å². The standard InChI is InChI=1S/C20H25NO12/c1-10(24)30-17-16(9-23)33-20(29-4,19(32-12(3)26)18(17)31-11(2)25)14-6-5-13(8-22)7-15(14)21(27)28/h5-7,16-19,22-23H,8-9H2,1-4H3/t16-,17-,18+,19-,20-/m1/s1. The SMILES string of the molecule is CO[C@]1(c2ccc(CO)cc2[N+](=O)[O-])O[C@H](CO)[C@@H](OC(C)=O)[C@H](OC(C)=O)[C@H]1OC(C)=O. The summed E-state index contributed by atoms with van der Waals surface area (Å²) in [5.74, 6) is -4.83. The molecule has 1 aliphatic rings. The van der Waals surface area contributed by atoms with E-state index in [0.717, 1.165) is 33.9 Å². The molecule has 13 nitrogen and oxygen atoms in total. The highest BCUT2D eigenvalue weighted by atomic mass is 16.7. The molecule has 33 heavy (non-hydrogen) atoms. The Bertz CT molecular complexity index is 918. The first-order valence-electron chi connectivity index (χ1n) is 9.74. The van der Waals surface area contributed by atoms with Crippen LogP contribution in [0.3, 0.4) is 0 Å². The van der Waals surface area contributed by atoms with Crippen LogP contribution in [0, 0.1) is 10.1 Å². The van der Waals surface area contributed by atoms with Crippen LogP contribution in [0.1, 0.15) is 31.9 Å². The van der Waals surface area contributed by atoms with Gasteiger partial charge in [-0.25, -0.2) is 0 Å². The van der Waals surface area contributed by atoms with Crippen LogP contribution in [0.25, 0.3) is 0 Å². The summed E-state index contributed by atoms with van der Waals surface area (Å²) in [6.45, 7) is 1.87. The zero-order valence-electron chi connectivity index (χ0n) is 18.4. The number of aliphatic hydroxyl groups is 2. The fourth-order valence-corrected chi connectivity index (χ4v) is 3.69. The third-order valence-electron chi connectivity index (χ3n) is 4.89. The molecule has 2 N–H and O–H groups in total. The van der Waals surface area contributed by atoms with Crippen LogP contribution in [0.5, 0.6) is 0 Å². The molecule has 0 spiro atoms. The number of methoxy groups -OCH3 is 1. The predicted molar refractivity (Wildman–Crippen MR) is 106 cm³/mol. The number of benzene rings is 1. The highest BCUT2D eigenvalue weighted by Crippen LogP contribution is 2.46. The topological polar surface area (TPSA) is 181 Å². The molecule has 0 unspecified atom stereocenters. The zero-order valence-corrected chi connectivity index (χ0v) is 18.4. The molecule has 13 heteroatoms. The van der Waals surface area contributed by atoms with E-state index in [-0.39, 0.29) is 11.1 Å². The van der Waals surface area contributed by atoms with Crippen molar-refractivity contribution in [2.75, 3.05) is 13.7 Å². The van der Waals surface area contributed by atoms with Crippen molar-refractivity contribution < 1.29 is 53.2 Å². The highest BCUT2D eigenvalue weighted by molar-refractivity contribution is 5.68. The number of esters is 3. The number of nitro benzene ring substituents is 1. The number of carbonyl (C=O) groups is 3. The van der Waals surface area contributed by atoms with Crippen molar-refractivity contribution in [3.8, 4) is 0 Å². The number of nitro groups is 1. The molecule has 0 saturated carbocycles. The van der Waals surface area contributed by atoms with Crippen LogP contribution in [0.15, 0.2) is 18.2 Å². The number of carbonyl (C=O) groups excluding carboxylic acids is 3. The number of rotatable bonds is 8. The van der Waals surface area contributed by atoms with Gasteiger partial charge in [0, 0.05) is 33.9 Å². The summed E-state index contributed by atoms with van der Waals surface area (Å²) in [5.41, 5.74) is -0.621. The van der Waals surface area contributed by atoms with Gasteiger partial charge in [-0.2, -0.15) is 0 Å². The molecule has 0 radical (unpaired) electrons. The van der Waals surface area contributed by atoms with Gasteiger partial charge in [-0.1, -0.05) is 6.07 Å². The Morgan fingerprint density at radius 1 is 1.06 bits per heavy atom. The van der Waals surface area contributed by atoms with Gasteiger partial charge in [-0.3, -0.25) is 24.5 Å². The maximum absolute atomic E-state index is 12.0. The Hall–Kier alpha value is -3.13. The molecule has 182 valence electrons. The van der Waals surface area contributed by atoms with E-state index in [0.29, 0.717) is 0 Å². The first-order valence-corrected chi connectivity index (χ1v) is 9.74. The van der Waals surface area contributed by atoms with E-state index < -0.39 is 71.9 Å². The van der Waals surface area contributed by atoms with Crippen molar-refractivity contribution in [2.24, 2.45) is 0 Å². The Labute approximate surface area is 188 Å². The number of ether oxygens (including phenoxy) is 5. The largest absolute Gasteiger partial charge is 0.456 e. The van der Waals surface area contributed by atoms with Crippen molar-refractivity contribution in [3.63, 3.8) is 0 Å². The van der Waals surface area contributed by atoms with Crippen molar-refractivity contribution >= 4 is 23.6 Å². The fourth-order valence-electron chi connectivity index (χ4n) is 3.69. The molecule has 0 aromatic heterocycles. The van der Waals surface area contributed by atoms with E-state index in [1.54, 1.807) is 0 Å². The van der Waals surface area contributed by atoms with Gasteiger partial charge in [0.25, 0.3) is 5.69 Å². The van der Waals surface area contributed by atoms with E-state index in [1.807, 2.05) is 0 Å². The molecular formula is C20H25NO12. The second-order valence-corrected chi connectivity index (χ2v) is 7.16. The molecule has 1 heterocycles. The van der Waals surface area contributed by atoms with Crippen LogP contribution < -0.4 is 0 Å². The van der Waals surface area contributed by atoms with Crippen molar-refractivity contribution in [1.29, 1.82) is 0 Å². The Kier molecular flexibility index (Phi) is 8.44. The Morgan fingerprint density at radius 3 is 2.09 bits per heavy atom. The lowest BCUT2D eigenvalue weighted by Gasteiger charge is -2.49. The van der Waals surface area contributed by atoms with E-state index >= 15 is 0 Å². The molecule has 0 amide bonds. The molecule has 1 aromatic carbocycles. The lowest BCUT2D eigenvalue weighted by molar-refractivity contribution is -0.399. The van der Waals surface area contributed by atoms with E-state index in [1.165, 1.54) is 12.1 Å². The van der Waals surface area contributed by atoms with Gasteiger partial charge in [-0.15, -0.1) is 0 Å². The summed E-state index contributed by atoms with van der Waals surface area (Å²) in [4.78, 5) is 46.6. The van der Waals surface area contributed by atoms with Crippen molar-refractivity contribution in [1.82, 2.24) is 0 Å². The lowest BCUT2D eigenvalue weighted by Crippen LogP contribution is -2.67. The average Bonchev–Trinajstić information content (AvgIpc) is 2.75. The average molecular weight is 471 g/mol. The molecular weight excluding hydrogens is 446 g/mol. The molecule has 0 aliphatic carbocycles. The molecule has 2 rings (SSSR count). The summed E-state index contributed by atoms with van der Waals surface area (Å²) >= 11 is 0. The summed E-state index contributed by atoms with van der Waals surface area (Å²) < 4.78 is 27.3. The van der Waals surface area contributed by atoms with E-state index in [2.05, 4.69) is 0 Å². The van der Waals surface area contributed by atoms with Crippen LogP contribution in [-0.4, -0.2) is 71.2 Å². The van der Waals surface area contributed by atoms with Gasteiger partial charge in [-0.05, 0) is 11.6 Å². The summed E-state index contributed by atoms with van der Waals surface area (Å²) in [5, 5.41) is 31.2. The van der Waals surface area contributed by atoms with Crippen LogP contribution >= 0.6 is 0 Å². The highest BCUT2D eigenvalue weighted by Gasteiger charge is 2.62. The second-order valence-electron chi connectivity index (χ2n) is 7.16. The van der Waals surface area contributed by atoms with Crippen molar-refractivity contribution in [3.05, 3.63) is 39.4 Å². The molecule has 1 aromatic rings. The fraction of sp³-hybridized carbons (Fsp3) is 0.550.